The molecule has 0 fully saturated rings. The van der Waals surface area contributed by atoms with Gasteiger partial charge in [-0.25, -0.2) is 4.79 Å². The number of Topliss-reactive ketones (excluding diaryl/α,β-unsaturated/α-hetero) is 1. The number of carbonyl (C=O) groups excluding carboxylic acids is 3. The smallest absolute Gasteiger partial charge is 0.347 e. The normalized spacial score (nSPS) is 12.3. The second-order valence-corrected chi connectivity index (χ2v) is 13.0. The molecule has 57 heavy (non-hydrogen) atoms. The number of rotatable bonds is 16. The number of esters is 1. The molecule has 0 atom stereocenters. The lowest BCUT2D eigenvalue weighted by Crippen LogP contribution is -2.20. The molecule has 0 spiro atoms. The van der Waals surface area contributed by atoms with Gasteiger partial charge in [0.25, 0.3) is 6.47 Å². The summed E-state index contributed by atoms with van der Waals surface area (Å²) in [6.07, 6.45) is 0. The molecule has 12 heteroatoms. The van der Waals surface area contributed by atoms with Crippen molar-refractivity contribution in [2.45, 2.75) is 27.3 Å². The van der Waals surface area contributed by atoms with Crippen LogP contribution in [0.5, 0.6) is 5.75 Å². The Bertz CT molecular complexity index is 2440. The third-order valence-electron chi connectivity index (χ3n) is 9.06. The van der Waals surface area contributed by atoms with Gasteiger partial charge in [-0.1, -0.05) is 42.5 Å². The fourth-order valence-electron chi connectivity index (χ4n) is 6.38. The average Bonchev–Trinajstić information content (AvgIpc) is 3.58. The summed E-state index contributed by atoms with van der Waals surface area (Å²) in [6, 6.07) is 30.9. The van der Waals surface area contributed by atoms with Crippen LogP contribution in [0.2, 0.25) is 0 Å². The minimum atomic E-state index is -0.689. The predicted molar refractivity (Wildman–Crippen MR) is 217 cm³/mol. The van der Waals surface area contributed by atoms with Gasteiger partial charge in [0.2, 0.25) is 11.7 Å². The van der Waals surface area contributed by atoms with Crippen molar-refractivity contribution in [3.63, 3.8) is 0 Å². The zero-order valence-electron chi connectivity index (χ0n) is 32.1. The second-order valence-electron chi connectivity index (χ2n) is 13.0. The fourth-order valence-corrected chi connectivity index (χ4v) is 6.38. The van der Waals surface area contributed by atoms with Crippen LogP contribution in [0.15, 0.2) is 118 Å². The third kappa shape index (κ3) is 10.0. The molecule has 0 unspecified atom stereocenters. The highest BCUT2D eigenvalue weighted by Gasteiger charge is 2.32. The molecule has 0 bridgehead atoms. The lowest BCUT2D eigenvalue weighted by Gasteiger charge is -2.17. The van der Waals surface area contributed by atoms with Crippen LogP contribution in [0.1, 0.15) is 25.0 Å². The van der Waals surface area contributed by atoms with Crippen LogP contribution < -0.4 is 20.8 Å². The maximum absolute atomic E-state index is 12.2. The Balaban J connectivity index is 0.00000103. The number of hydrogen-bond donors (Lipinski definition) is 2. The first-order chi connectivity index (χ1) is 27.8. The summed E-state index contributed by atoms with van der Waals surface area (Å²) in [5, 5.41) is 9.46. The molecule has 12 nitrogen and oxygen atoms in total. The standard InChI is InChI=1S/C42H38N2O8.C3H6O2/c1-3-49-42(47)40-36(46)25-51-41(40)44-30-11-10-28-20-27(8-9-29(28)21-30)24-43-16-17-48-18-19-50-32-13-15-35-38(23-32)52-37-22-31(45)12-14-34(37)39(35)33-7-5-4-6-26(33)2;1-2-5-3-4/h4-15,20-23,43-44H,3,16-19,24-25H2,1-2H3;3H,2H2,1H3. The molecule has 0 amide bonds. The first-order valence-electron chi connectivity index (χ1n) is 18.7. The number of carbonyl (C=O) groups is 3. The van der Waals surface area contributed by atoms with E-state index in [-0.39, 0.29) is 30.1 Å². The summed E-state index contributed by atoms with van der Waals surface area (Å²) in [7, 11) is 0. The molecular formula is C45H44N2O10. The Hall–Kier alpha value is -6.50. The summed E-state index contributed by atoms with van der Waals surface area (Å²) in [4.78, 5) is 45.7. The van der Waals surface area contributed by atoms with Crippen molar-refractivity contribution < 1.29 is 42.5 Å². The maximum Gasteiger partial charge on any atom is 0.347 e. The van der Waals surface area contributed by atoms with Crippen molar-refractivity contribution in [1.82, 2.24) is 5.32 Å². The Morgan fingerprint density at radius 3 is 2.46 bits per heavy atom. The van der Waals surface area contributed by atoms with Crippen molar-refractivity contribution in [2.75, 3.05) is 51.5 Å². The Labute approximate surface area is 329 Å². The van der Waals surface area contributed by atoms with Crippen molar-refractivity contribution in [3.05, 3.63) is 130 Å². The third-order valence-corrected chi connectivity index (χ3v) is 9.06. The Morgan fingerprint density at radius 2 is 1.67 bits per heavy atom. The highest BCUT2D eigenvalue weighted by Crippen LogP contribution is 2.41. The van der Waals surface area contributed by atoms with Gasteiger partial charge in [-0.3, -0.25) is 14.4 Å². The second kappa shape index (κ2) is 19.4. The SMILES string of the molecule is CCOC(=O)C1=C(Nc2ccc3cc(CNCCOCCOc4ccc5c(-c6ccccc6C)c6ccc(=O)cc-6oc5c4)ccc3c2)OCC1=O.CCOC=O. The largest absolute Gasteiger partial charge is 0.491 e. The van der Waals surface area contributed by atoms with Gasteiger partial charge in [0.05, 0.1) is 26.4 Å². The van der Waals surface area contributed by atoms with Gasteiger partial charge in [-0.2, -0.15) is 0 Å². The first kappa shape index (κ1) is 40.2. The number of benzene rings is 5. The quantitative estimate of drug-likeness (QED) is 0.0337. The first-order valence-corrected chi connectivity index (χ1v) is 18.7. The lowest BCUT2D eigenvalue weighted by atomic mass is 9.91. The Morgan fingerprint density at radius 1 is 0.842 bits per heavy atom. The number of anilines is 1. The molecule has 0 saturated carbocycles. The van der Waals surface area contributed by atoms with E-state index in [0.717, 1.165) is 44.0 Å². The molecule has 0 saturated heterocycles. The Kier molecular flexibility index (Phi) is 13.7. The highest BCUT2D eigenvalue weighted by molar-refractivity contribution is 6.19. The molecule has 2 N–H and O–H groups in total. The van der Waals surface area contributed by atoms with Crippen LogP contribution in [0.3, 0.4) is 0 Å². The van der Waals surface area contributed by atoms with Gasteiger partial charge in [0.1, 0.15) is 23.7 Å². The van der Waals surface area contributed by atoms with Crippen LogP contribution >= 0.6 is 0 Å². The molecule has 0 aromatic heterocycles. The summed E-state index contributed by atoms with van der Waals surface area (Å²) in [6.45, 7) is 9.08. The fraction of sp³-hybridized carbons (Fsp3) is 0.244. The molecule has 4 aromatic rings. The summed E-state index contributed by atoms with van der Waals surface area (Å²) in [5.41, 5.74) is 6.41. The van der Waals surface area contributed by atoms with E-state index in [1.807, 2.05) is 60.7 Å². The monoisotopic (exact) mass is 772 g/mol. The minimum Gasteiger partial charge on any atom is -0.491 e. The average molecular weight is 773 g/mol. The van der Waals surface area contributed by atoms with E-state index in [1.165, 1.54) is 6.07 Å². The predicted octanol–water partition coefficient (Wildman–Crippen LogP) is 7.18. The summed E-state index contributed by atoms with van der Waals surface area (Å²) in [5.74, 6) is 0.219. The number of fused-ring (bicyclic) bond motifs is 3. The number of aryl methyl sites for hydroxylation is 1. The summed E-state index contributed by atoms with van der Waals surface area (Å²) < 4.78 is 32.6. The van der Waals surface area contributed by atoms with Crippen LogP contribution in [0, 0.1) is 6.92 Å². The maximum atomic E-state index is 12.2. The molecule has 1 aliphatic carbocycles. The van der Waals surface area contributed by atoms with Gasteiger partial charge in [-0.15, -0.1) is 0 Å². The van der Waals surface area contributed by atoms with Gasteiger partial charge in [0.15, 0.2) is 17.6 Å². The van der Waals surface area contributed by atoms with E-state index in [9.17, 15) is 19.2 Å². The molecule has 4 aromatic carbocycles. The molecule has 3 aliphatic rings. The minimum absolute atomic E-state index is 0.0932. The van der Waals surface area contributed by atoms with Crippen molar-refractivity contribution in [2.24, 2.45) is 0 Å². The molecule has 294 valence electrons. The van der Waals surface area contributed by atoms with Gasteiger partial charge in [0, 0.05) is 47.4 Å². The van der Waals surface area contributed by atoms with E-state index < -0.39 is 11.8 Å². The zero-order valence-corrected chi connectivity index (χ0v) is 32.1. The number of ether oxygens (including phenoxy) is 5. The topological polar surface area (TPSA) is 152 Å². The van der Waals surface area contributed by atoms with Gasteiger partial charge < -0.3 is 38.7 Å². The van der Waals surface area contributed by atoms with Crippen LogP contribution in [-0.2, 0) is 39.9 Å². The van der Waals surface area contributed by atoms with Gasteiger partial charge >= 0.3 is 5.97 Å². The van der Waals surface area contributed by atoms with Crippen LogP contribution in [-0.4, -0.2) is 64.4 Å². The highest BCUT2D eigenvalue weighted by atomic mass is 16.5. The van der Waals surface area contributed by atoms with Gasteiger partial charge in [-0.05, 0) is 90.7 Å². The molecule has 0 radical (unpaired) electrons. The lowest BCUT2D eigenvalue weighted by molar-refractivity contribution is -0.139. The van der Waals surface area contributed by atoms with Crippen molar-refractivity contribution in [1.29, 1.82) is 0 Å². The molecule has 2 aliphatic heterocycles. The summed E-state index contributed by atoms with van der Waals surface area (Å²) >= 11 is 0. The van der Waals surface area contributed by atoms with Crippen LogP contribution in [0.4, 0.5) is 5.69 Å². The number of nitrogens with one attached hydrogen (secondary N) is 2. The molecule has 7 rings (SSSR count). The molecule has 2 heterocycles. The van der Waals surface area contributed by atoms with E-state index in [1.54, 1.807) is 19.9 Å². The zero-order chi connectivity index (χ0) is 40.1. The van der Waals surface area contributed by atoms with E-state index >= 15 is 0 Å². The van der Waals surface area contributed by atoms with E-state index in [0.29, 0.717) is 68.8 Å². The van der Waals surface area contributed by atoms with E-state index in [4.69, 9.17) is 23.4 Å². The van der Waals surface area contributed by atoms with E-state index in [2.05, 4.69) is 46.6 Å². The number of ketones is 1. The van der Waals surface area contributed by atoms with Crippen LogP contribution in [0.25, 0.3) is 44.2 Å². The van der Waals surface area contributed by atoms with Crippen molar-refractivity contribution in [3.8, 4) is 28.2 Å². The molecular weight excluding hydrogens is 728 g/mol. The number of hydrogen-bond acceptors (Lipinski definition) is 12. The van der Waals surface area contributed by atoms with Crippen molar-refractivity contribution >= 4 is 45.7 Å².